The van der Waals surface area contributed by atoms with Crippen LogP contribution < -0.4 is 11.0 Å². The molecule has 0 saturated heterocycles. The molecule has 1 N–H and O–H groups in total. The molecule has 4 nitrogen and oxygen atoms in total. The normalized spacial score (nSPS) is 10.4. The van der Waals surface area contributed by atoms with E-state index in [0.717, 1.165) is 18.7 Å². The van der Waals surface area contributed by atoms with Gasteiger partial charge in [-0.25, -0.2) is 4.79 Å². The smallest absolute Gasteiger partial charge is 0.313 e. The highest BCUT2D eigenvalue weighted by molar-refractivity contribution is 4.98. The summed E-state index contributed by atoms with van der Waals surface area (Å²) in [4.78, 5) is 11.4. The van der Waals surface area contributed by atoms with Gasteiger partial charge in [0.15, 0.2) is 0 Å². The van der Waals surface area contributed by atoms with Gasteiger partial charge in [0, 0.05) is 32.5 Å². The second-order valence-corrected chi connectivity index (χ2v) is 3.35. The van der Waals surface area contributed by atoms with Crippen LogP contribution in [0.25, 0.3) is 0 Å². The zero-order valence-corrected chi connectivity index (χ0v) is 8.79. The second-order valence-electron chi connectivity index (χ2n) is 3.35. The fourth-order valence-electron chi connectivity index (χ4n) is 1.23. The van der Waals surface area contributed by atoms with Crippen molar-refractivity contribution in [2.24, 2.45) is 7.05 Å². The predicted molar refractivity (Wildman–Crippen MR) is 57.4 cm³/mol. The SMILES string of the molecule is C=C(CNCC)Cn1ccn(C)c1=O. The van der Waals surface area contributed by atoms with E-state index in [1.807, 2.05) is 6.92 Å². The van der Waals surface area contributed by atoms with Crippen molar-refractivity contribution in [1.29, 1.82) is 0 Å². The first-order valence-corrected chi connectivity index (χ1v) is 4.74. The third-order valence-electron chi connectivity index (χ3n) is 2.04. The number of nitrogens with zero attached hydrogens (tertiary/aromatic N) is 2. The van der Waals surface area contributed by atoms with E-state index in [1.54, 1.807) is 28.6 Å². The minimum absolute atomic E-state index is 0.00245. The molecule has 1 heterocycles. The molecule has 0 amide bonds. The van der Waals surface area contributed by atoms with E-state index >= 15 is 0 Å². The van der Waals surface area contributed by atoms with Crippen molar-refractivity contribution in [3.05, 3.63) is 35.0 Å². The fourth-order valence-corrected chi connectivity index (χ4v) is 1.23. The van der Waals surface area contributed by atoms with Gasteiger partial charge in [-0.3, -0.25) is 4.57 Å². The van der Waals surface area contributed by atoms with E-state index in [2.05, 4.69) is 11.9 Å². The molecule has 1 aromatic heterocycles. The Morgan fingerprint density at radius 3 is 2.79 bits per heavy atom. The molecule has 0 spiro atoms. The maximum atomic E-state index is 11.4. The average molecular weight is 195 g/mol. The van der Waals surface area contributed by atoms with Crippen LogP contribution in [0, 0.1) is 0 Å². The van der Waals surface area contributed by atoms with Gasteiger partial charge < -0.3 is 9.88 Å². The molecule has 0 aliphatic rings. The van der Waals surface area contributed by atoms with Crippen LogP contribution in [0.1, 0.15) is 6.92 Å². The van der Waals surface area contributed by atoms with Gasteiger partial charge in [-0.05, 0) is 12.1 Å². The maximum absolute atomic E-state index is 11.4. The van der Waals surface area contributed by atoms with E-state index in [0.29, 0.717) is 6.54 Å². The molecule has 0 aromatic carbocycles. The van der Waals surface area contributed by atoms with Gasteiger partial charge in [-0.2, -0.15) is 0 Å². The molecule has 0 fully saturated rings. The Labute approximate surface area is 83.9 Å². The zero-order chi connectivity index (χ0) is 10.6. The van der Waals surface area contributed by atoms with Crippen LogP contribution >= 0.6 is 0 Å². The van der Waals surface area contributed by atoms with Crippen molar-refractivity contribution in [3.8, 4) is 0 Å². The maximum Gasteiger partial charge on any atom is 0.328 e. The summed E-state index contributed by atoms with van der Waals surface area (Å²) in [6, 6.07) is 0. The first-order valence-electron chi connectivity index (χ1n) is 4.74. The van der Waals surface area contributed by atoms with Crippen LogP contribution in [0.4, 0.5) is 0 Å². The quantitative estimate of drug-likeness (QED) is 0.689. The molecule has 0 saturated carbocycles. The number of hydrogen-bond donors (Lipinski definition) is 1. The molecule has 0 bridgehead atoms. The lowest BCUT2D eigenvalue weighted by atomic mass is 10.3. The third kappa shape index (κ3) is 2.60. The molecule has 0 aliphatic carbocycles. The lowest BCUT2D eigenvalue weighted by molar-refractivity contribution is 0.671. The summed E-state index contributed by atoms with van der Waals surface area (Å²) in [5, 5.41) is 3.17. The molecule has 14 heavy (non-hydrogen) atoms. The van der Waals surface area contributed by atoms with Gasteiger partial charge >= 0.3 is 5.69 Å². The Balaban J connectivity index is 2.56. The minimum Gasteiger partial charge on any atom is -0.313 e. The summed E-state index contributed by atoms with van der Waals surface area (Å²) >= 11 is 0. The van der Waals surface area contributed by atoms with Crippen LogP contribution in [0.5, 0.6) is 0 Å². The highest BCUT2D eigenvalue weighted by Crippen LogP contribution is 1.92. The Morgan fingerprint density at radius 2 is 2.29 bits per heavy atom. The molecule has 0 radical (unpaired) electrons. The molecular formula is C10H17N3O. The van der Waals surface area contributed by atoms with E-state index in [1.165, 1.54) is 0 Å². The van der Waals surface area contributed by atoms with Crippen LogP contribution in [-0.4, -0.2) is 22.2 Å². The van der Waals surface area contributed by atoms with Crippen molar-refractivity contribution >= 4 is 0 Å². The summed E-state index contributed by atoms with van der Waals surface area (Å²) in [5.74, 6) is 0. The summed E-state index contributed by atoms with van der Waals surface area (Å²) in [6.45, 7) is 8.22. The number of hydrogen-bond acceptors (Lipinski definition) is 2. The molecule has 1 rings (SSSR count). The van der Waals surface area contributed by atoms with Crippen molar-refractivity contribution < 1.29 is 0 Å². The number of aromatic nitrogens is 2. The van der Waals surface area contributed by atoms with E-state index in [4.69, 9.17) is 0 Å². The molecule has 4 heteroatoms. The van der Waals surface area contributed by atoms with E-state index < -0.39 is 0 Å². The van der Waals surface area contributed by atoms with Gasteiger partial charge in [0.05, 0.1) is 0 Å². The van der Waals surface area contributed by atoms with Crippen molar-refractivity contribution in [3.63, 3.8) is 0 Å². The van der Waals surface area contributed by atoms with Gasteiger partial charge in [-0.15, -0.1) is 0 Å². The molecule has 0 unspecified atom stereocenters. The zero-order valence-electron chi connectivity index (χ0n) is 8.79. The summed E-state index contributed by atoms with van der Waals surface area (Å²) < 4.78 is 3.21. The van der Waals surface area contributed by atoms with Crippen LogP contribution in [0.3, 0.4) is 0 Å². The highest BCUT2D eigenvalue weighted by atomic mass is 16.1. The van der Waals surface area contributed by atoms with Crippen LogP contribution in [0.2, 0.25) is 0 Å². The van der Waals surface area contributed by atoms with E-state index in [9.17, 15) is 4.79 Å². The summed E-state index contributed by atoms with van der Waals surface area (Å²) in [6.07, 6.45) is 3.53. The highest BCUT2D eigenvalue weighted by Gasteiger charge is 2.00. The summed E-state index contributed by atoms with van der Waals surface area (Å²) in [5.41, 5.74) is 1.02. The van der Waals surface area contributed by atoms with E-state index in [-0.39, 0.29) is 5.69 Å². The van der Waals surface area contributed by atoms with Crippen LogP contribution in [-0.2, 0) is 13.6 Å². The lowest BCUT2D eigenvalue weighted by Gasteiger charge is -2.05. The molecule has 0 aliphatic heterocycles. The van der Waals surface area contributed by atoms with Crippen LogP contribution in [0.15, 0.2) is 29.3 Å². The van der Waals surface area contributed by atoms with Crippen molar-refractivity contribution in [2.75, 3.05) is 13.1 Å². The Morgan fingerprint density at radius 1 is 1.57 bits per heavy atom. The summed E-state index contributed by atoms with van der Waals surface area (Å²) in [7, 11) is 1.74. The average Bonchev–Trinajstić information content (AvgIpc) is 2.46. The lowest BCUT2D eigenvalue weighted by Crippen LogP contribution is -2.25. The first-order chi connectivity index (χ1) is 6.65. The Hall–Kier alpha value is -1.29. The number of rotatable bonds is 5. The molecule has 78 valence electrons. The third-order valence-corrected chi connectivity index (χ3v) is 2.04. The molecule has 0 atom stereocenters. The monoisotopic (exact) mass is 195 g/mol. The van der Waals surface area contributed by atoms with Crippen molar-refractivity contribution in [2.45, 2.75) is 13.5 Å². The molecule has 1 aromatic rings. The van der Waals surface area contributed by atoms with Crippen molar-refractivity contribution in [1.82, 2.24) is 14.5 Å². The predicted octanol–water partition coefficient (Wildman–Crippen LogP) is 0.352. The fraction of sp³-hybridized carbons (Fsp3) is 0.500. The van der Waals surface area contributed by atoms with Gasteiger partial charge in [0.2, 0.25) is 0 Å². The second kappa shape index (κ2) is 4.81. The number of aryl methyl sites for hydroxylation is 1. The standard InChI is InChI=1S/C10H17N3O/c1-4-11-7-9(2)8-13-6-5-12(3)10(13)14/h5-6,11H,2,4,7-8H2,1,3H3. The first kappa shape index (κ1) is 10.8. The Bertz CT molecular complexity index is 362. The Kier molecular flexibility index (Phi) is 3.71. The van der Waals surface area contributed by atoms with Gasteiger partial charge in [0.1, 0.15) is 0 Å². The minimum atomic E-state index is 0.00245. The number of imidazole rings is 1. The largest absolute Gasteiger partial charge is 0.328 e. The number of likely N-dealkylation sites (N-methyl/N-ethyl adjacent to an activating group) is 1. The van der Waals surface area contributed by atoms with Gasteiger partial charge in [-0.1, -0.05) is 13.5 Å². The molecular weight excluding hydrogens is 178 g/mol. The van der Waals surface area contributed by atoms with Gasteiger partial charge in [0.25, 0.3) is 0 Å². The topological polar surface area (TPSA) is 39.0 Å². The number of nitrogens with one attached hydrogen (secondary N) is 1.